The molecule has 0 fully saturated rings. The molecule has 1 N–H and O–H groups in total. The summed E-state index contributed by atoms with van der Waals surface area (Å²) in [5.41, 5.74) is 2.07. The molecule has 0 amide bonds. The smallest absolute Gasteiger partial charge is 0.343 e. The average Bonchev–Trinajstić information content (AvgIpc) is 2.79. The van der Waals surface area contributed by atoms with E-state index in [1.807, 2.05) is 60.7 Å². The molecule has 0 aliphatic heterocycles. The van der Waals surface area contributed by atoms with Gasteiger partial charge in [0.1, 0.15) is 11.5 Å². The molecule has 0 bridgehead atoms. The SMILES string of the molecule is COc1ccc(C(=O)Oc2ccc3ccccc3c2C(=N)c2ccccc2)cc1. The Morgan fingerprint density at radius 1 is 0.759 bits per heavy atom. The van der Waals surface area contributed by atoms with Crippen molar-refractivity contribution in [1.82, 2.24) is 0 Å². The number of fused-ring (bicyclic) bond motifs is 1. The lowest BCUT2D eigenvalue weighted by Crippen LogP contribution is -2.12. The fourth-order valence-electron chi connectivity index (χ4n) is 3.23. The van der Waals surface area contributed by atoms with E-state index in [2.05, 4.69) is 0 Å². The number of ether oxygens (including phenoxy) is 2. The lowest BCUT2D eigenvalue weighted by atomic mass is 9.95. The van der Waals surface area contributed by atoms with Gasteiger partial charge in [0.05, 0.1) is 23.9 Å². The topological polar surface area (TPSA) is 59.4 Å². The Bertz CT molecular complexity index is 1180. The van der Waals surface area contributed by atoms with E-state index in [1.165, 1.54) is 0 Å². The fourth-order valence-corrected chi connectivity index (χ4v) is 3.23. The summed E-state index contributed by atoms with van der Waals surface area (Å²) < 4.78 is 10.9. The normalized spacial score (nSPS) is 10.5. The third-order valence-corrected chi connectivity index (χ3v) is 4.73. The predicted octanol–water partition coefficient (Wildman–Crippen LogP) is 5.48. The van der Waals surface area contributed by atoms with Crippen LogP contribution in [0.1, 0.15) is 21.5 Å². The number of methoxy groups -OCH3 is 1. The van der Waals surface area contributed by atoms with Crippen LogP contribution < -0.4 is 9.47 Å². The third kappa shape index (κ3) is 3.73. The molecular weight excluding hydrogens is 362 g/mol. The molecule has 4 aromatic carbocycles. The third-order valence-electron chi connectivity index (χ3n) is 4.73. The summed E-state index contributed by atoms with van der Waals surface area (Å²) in [7, 11) is 1.57. The van der Waals surface area contributed by atoms with Crippen LogP contribution in [0.4, 0.5) is 0 Å². The number of nitrogens with one attached hydrogen (secondary N) is 1. The number of hydrogen-bond acceptors (Lipinski definition) is 4. The highest BCUT2D eigenvalue weighted by molar-refractivity contribution is 6.20. The zero-order valence-electron chi connectivity index (χ0n) is 15.9. The van der Waals surface area contributed by atoms with Gasteiger partial charge >= 0.3 is 5.97 Å². The van der Waals surface area contributed by atoms with Crippen molar-refractivity contribution in [2.45, 2.75) is 0 Å². The van der Waals surface area contributed by atoms with Gasteiger partial charge in [-0.2, -0.15) is 0 Å². The second-order valence-corrected chi connectivity index (χ2v) is 6.52. The Morgan fingerprint density at radius 2 is 1.45 bits per heavy atom. The first-order valence-electron chi connectivity index (χ1n) is 9.19. The van der Waals surface area contributed by atoms with E-state index in [1.54, 1.807) is 37.4 Å². The summed E-state index contributed by atoms with van der Waals surface area (Å²) in [6.45, 7) is 0. The van der Waals surface area contributed by atoms with Gasteiger partial charge in [-0.05, 0) is 41.1 Å². The molecule has 0 saturated carbocycles. The molecule has 0 aliphatic rings. The highest BCUT2D eigenvalue weighted by Crippen LogP contribution is 2.31. The molecule has 4 nitrogen and oxygen atoms in total. The van der Waals surface area contributed by atoms with E-state index in [9.17, 15) is 4.79 Å². The molecule has 0 heterocycles. The monoisotopic (exact) mass is 381 g/mol. The van der Waals surface area contributed by atoms with Crippen molar-refractivity contribution in [2.24, 2.45) is 0 Å². The van der Waals surface area contributed by atoms with Gasteiger partial charge in [0.25, 0.3) is 0 Å². The van der Waals surface area contributed by atoms with E-state index in [0.717, 1.165) is 16.3 Å². The molecule has 142 valence electrons. The summed E-state index contributed by atoms with van der Waals surface area (Å²) in [6, 6.07) is 27.6. The molecule has 4 rings (SSSR count). The van der Waals surface area contributed by atoms with Gasteiger partial charge < -0.3 is 9.47 Å². The van der Waals surface area contributed by atoms with Crippen LogP contribution in [0.3, 0.4) is 0 Å². The second-order valence-electron chi connectivity index (χ2n) is 6.52. The van der Waals surface area contributed by atoms with E-state index in [-0.39, 0.29) is 0 Å². The maximum atomic E-state index is 12.7. The van der Waals surface area contributed by atoms with Crippen molar-refractivity contribution in [3.05, 3.63) is 108 Å². The fraction of sp³-hybridized carbons (Fsp3) is 0.0400. The highest BCUT2D eigenvalue weighted by Gasteiger charge is 2.18. The molecule has 29 heavy (non-hydrogen) atoms. The van der Waals surface area contributed by atoms with E-state index >= 15 is 0 Å². The van der Waals surface area contributed by atoms with Crippen LogP contribution in [0.5, 0.6) is 11.5 Å². The number of esters is 1. The lowest BCUT2D eigenvalue weighted by Gasteiger charge is -2.14. The summed E-state index contributed by atoms with van der Waals surface area (Å²) in [5.74, 6) is 0.544. The van der Waals surface area contributed by atoms with Gasteiger partial charge in [0, 0.05) is 5.56 Å². The molecule has 0 spiro atoms. The Labute approximate surface area is 168 Å². The minimum atomic E-state index is -0.481. The van der Waals surface area contributed by atoms with Crippen LogP contribution in [0, 0.1) is 5.41 Å². The van der Waals surface area contributed by atoms with E-state index in [4.69, 9.17) is 14.9 Å². The molecule has 4 aromatic rings. The summed E-state index contributed by atoms with van der Waals surface area (Å²) in [5, 5.41) is 10.6. The van der Waals surface area contributed by atoms with Gasteiger partial charge in [-0.25, -0.2) is 4.79 Å². The van der Waals surface area contributed by atoms with Crippen molar-refractivity contribution in [3.63, 3.8) is 0 Å². The second kappa shape index (κ2) is 7.98. The quantitative estimate of drug-likeness (QED) is 0.283. The van der Waals surface area contributed by atoms with Crippen LogP contribution in [0.15, 0.2) is 91.0 Å². The number of rotatable bonds is 5. The highest BCUT2D eigenvalue weighted by atomic mass is 16.5. The van der Waals surface area contributed by atoms with Gasteiger partial charge in [0.15, 0.2) is 0 Å². The Morgan fingerprint density at radius 3 is 2.17 bits per heavy atom. The van der Waals surface area contributed by atoms with Crippen molar-refractivity contribution >= 4 is 22.5 Å². The van der Waals surface area contributed by atoms with Gasteiger partial charge in [-0.15, -0.1) is 0 Å². The maximum Gasteiger partial charge on any atom is 0.343 e. The van der Waals surface area contributed by atoms with E-state index in [0.29, 0.717) is 28.3 Å². The van der Waals surface area contributed by atoms with Gasteiger partial charge in [-0.1, -0.05) is 60.7 Å². The van der Waals surface area contributed by atoms with Crippen molar-refractivity contribution in [2.75, 3.05) is 7.11 Å². The number of benzene rings is 4. The Kier molecular flexibility index (Phi) is 5.08. The largest absolute Gasteiger partial charge is 0.497 e. The summed E-state index contributed by atoms with van der Waals surface area (Å²) >= 11 is 0. The van der Waals surface area contributed by atoms with E-state index < -0.39 is 5.97 Å². The molecule has 0 saturated heterocycles. The number of hydrogen-bond donors (Lipinski definition) is 1. The van der Waals surface area contributed by atoms with Crippen LogP contribution in [0.25, 0.3) is 10.8 Å². The molecule has 0 radical (unpaired) electrons. The van der Waals surface area contributed by atoms with Gasteiger partial charge in [0.2, 0.25) is 0 Å². The zero-order chi connectivity index (χ0) is 20.2. The van der Waals surface area contributed by atoms with Crippen LogP contribution >= 0.6 is 0 Å². The molecular formula is C25H19NO3. The van der Waals surface area contributed by atoms with Crippen LogP contribution in [0.2, 0.25) is 0 Å². The van der Waals surface area contributed by atoms with Crippen LogP contribution in [-0.2, 0) is 0 Å². The molecule has 0 aromatic heterocycles. The summed E-state index contributed by atoms with van der Waals surface area (Å²) in [6.07, 6.45) is 0. The first kappa shape index (κ1) is 18.4. The summed E-state index contributed by atoms with van der Waals surface area (Å²) in [4.78, 5) is 12.7. The minimum absolute atomic E-state index is 0.305. The zero-order valence-corrected chi connectivity index (χ0v) is 15.9. The lowest BCUT2D eigenvalue weighted by molar-refractivity contribution is 0.0734. The Hall–Kier alpha value is -3.92. The predicted molar refractivity (Wildman–Crippen MR) is 114 cm³/mol. The van der Waals surface area contributed by atoms with Crippen molar-refractivity contribution in [1.29, 1.82) is 5.41 Å². The molecule has 4 heteroatoms. The number of carbonyl (C=O) groups excluding carboxylic acids is 1. The molecule has 0 atom stereocenters. The minimum Gasteiger partial charge on any atom is -0.497 e. The van der Waals surface area contributed by atoms with Crippen LogP contribution in [-0.4, -0.2) is 18.8 Å². The molecule has 0 unspecified atom stereocenters. The van der Waals surface area contributed by atoms with Crippen molar-refractivity contribution < 1.29 is 14.3 Å². The Balaban J connectivity index is 1.77. The van der Waals surface area contributed by atoms with Crippen molar-refractivity contribution in [3.8, 4) is 11.5 Å². The molecule has 0 aliphatic carbocycles. The standard InChI is InChI=1S/C25H19NO3/c1-28-20-14-11-19(12-15-20)25(27)29-22-16-13-17-7-5-6-10-21(17)23(22)24(26)18-8-3-2-4-9-18/h2-16,26H,1H3. The number of carbonyl (C=O) groups is 1. The van der Waals surface area contributed by atoms with Gasteiger partial charge in [-0.3, -0.25) is 5.41 Å². The first-order valence-corrected chi connectivity index (χ1v) is 9.19. The average molecular weight is 381 g/mol. The first-order chi connectivity index (χ1) is 14.2. The maximum absolute atomic E-state index is 12.7.